The zero-order chi connectivity index (χ0) is 13.7. The van der Waals surface area contributed by atoms with Crippen molar-refractivity contribution in [3.05, 3.63) is 51.5 Å². The van der Waals surface area contributed by atoms with Gasteiger partial charge in [0.1, 0.15) is 0 Å². The second-order valence-electron chi connectivity index (χ2n) is 4.84. The number of thiophene rings is 1. The van der Waals surface area contributed by atoms with Crippen molar-refractivity contribution >= 4 is 11.3 Å². The molecular weight excluding hydrogens is 252 g/mol. The highest BCUT2D eigenvalue weighted by atomic mass is 32.1. The molecule has 0 aliphatic heterocycles. The first kappa shape index (κ1) is 14.2. The van der Waals surface area contributed by atoms with Gasteiger partial charge in [0.2, 0.25) is 0 Å². The predicted octanol–water partition coefficient (Wildman–Crippen LogP) is 4.10. The van der Waals surface area contributed by atoms with E-state index >= 15 is 0 Å². The van der Waals surface area contributed by atoms with Gasteiger partial charge in [-0.3, -0.25) is 4.98 Å². The molecule has 19 heavy (non-hydrogen) atoms. The SMILES string of the molecule is CCCNC(c1cncc(C)c1)c1ccc(CC)s1. The number of hydrogen-bond donors (Lipinski definition) is 1. The number of nitrogens with zero attached hydrogens (tertiary/aromatic N) is 1. The van der Waals surface area contributed by atoms with Gasteiger partial charge in [-0.2, -0.15) is 0 Å². The average Bonchev–Trinajstić information content (AvgIpc) is 2.88. The van der Waals surface area contributed by atoms with Gasteiger partial charge in [-0.1, -0.05) is 19.9 Å². The molecule has 0 amide bonds. The summed E-state index contributed by atoms with van der Waals surface area (Å²) in [6.45, 7) is 7.53. The van der Waals surface area contributed by atoms with Crippen molar-refractivity contribution in [2.75, 3.05) is 6.54 Å². The molecule has 0 aliphatic rings. The van der Waals surface area contributed by atoms with E-state index in [1.54, 1.807) is 0 Å². The Balaban J connectivity index is 2.29. The fraction of sp³-hybridized carbons (Fsp3) is 0.438. The normalized spacial score (nSPS) is 12.6. The van der Waals surface area contributed by atoms with Crippen LogP contribution in [0.3, 0.4) is 0 Å². The van der Waals surface area contributed by atoms with E-state index < -0.39 is 0 Å². The van der Waals surface area contributed by atoms with Crippen molar-refractivity contribution in [3.63, 3.8) is 0 Å². The van der Waals surface area contributed by atoms with E-state index in [0.717, 1.165) is 19.4 Å². The lowest BCUT2D eigenvalue weighted by Gasteiger charge is -2.17. The fourth-order valence-electron chi connectivity index (χ4n) is 2.15. The summed E-state index contributed by atoms with van der Waals surface area (Å²) in [5.41, 5.74) is 2.48. The Labute approximate surface area is 119 Å². The Bertz CT molecular complexity index is 519. The summed E-state index contributed by atoms with van der Waals surface area (Å²) in [5, 5.41) is 3.64. The quantitative estimate of drug-likeness (QED) is 0.857. The molecule has 0 aliphatic carbocycles. The van der Waals surface area contributed by atoms with E-state index in [1.165, 1.54) is 20.9 Å². The molecule has 0 saturated heterocycles. The van der Waals surface area contributed by atoms with Crippen molar-refractivity contribution < 1.29 is 0 Å². The van der Waals surface area contributed by atoms with Gasteiger partial charge in [-0.05, 0) is 49.6 Å². The van der Waals surface area contributed by atoms with E-state index in [1.807, 2.05) is 23.7 Å². The lowest BCUT2D eigenvalue weighted by atomic mass is 10.1. The molecule has 2 heterocycles. The van der Waals surface area contributed by atoms with Crippen molar-refractivity contribution in [1.82, 2.24) is 10.3 Å². The van der Waals surface area contributed by atoms with Crippen LogP contribution in [0, 0.1) is 6.92 Å². The molecule has 2 aromatic rings. The molecule has 1 unspecified atom stereocenters. The van der Waals surface area contributed by atoms with Crippen LogP contribution in [-0.4, -0.2) is 11.5 Å². The first-order chi connectivity index (χ1) is 9.24. The Morgan fingerprint density at radius 3 is 2.74 bits per heavy atom. The van der Waals surface area contributed by atoms with E-state index in [0.29, 0.717) is 0 Å². The van der Waals surface area contributed by atoms with Gasteiger partial charge >= 0.3 is 0 Å². The molecule has 0 spiro atoms. The highest BCUT2D eigenvalue weighted by Crippen LogP contribution is 2.29. The smallest absolute Gasteiger partial charge is 0.0686 e. The maximum absolute atomic E-state index is 4.33. The van der Waals surface area contributed by atoms with Gasteiger partial charge in [0.05, 0.1) is 6.04 Å². The van der Waals surface area contributed by atoms with Gasteiger partial charge in [-0.15, -0.1) is 11.3 Å². The van der Waals surface area contributed by atoms with Crippen molar-refractivity contribution in [2.24, 2.45) is 0 Å². The number of aryl methyl sites for hydroxylation is 2. The first-order valence-corrected chi connectivity index (χ1v) is 7.79. The van der Waals surface area contributed by atoms with Crippen LogP contribution in [0.4, 0.5) is 0 Å². The van der Waals surface area contributed by atoms with Crippen molar-refractivity contribution in [3.8, 4) is 0 Å². The number of pyridine rings is 1. The summed E-state index contributed by atoms with van der Waals surface area (Å²) in [4.78, 5) is 7.16. The van der Waals surface area contributed by atoms with Crippen LogP contribution in [0.15, 0.2) is 30.6 Å². The van der Waals surface area contributed by atoms with Crippen LogP contribution >= 0.6 is 11.3 Å². The van der Waals surface area contributed by atoms with Crippen LogP contribution < -0.4 is 5.32 Å². The standard InChI is InChI=1S/C16H22N2S/c1-4-8-18-16(13-9-12(3)10-17-11-13)15-7-6-14(5-2)19-15/h6-7,9-11,16,18H,4-5,8H2,1-3H3. The third kappa shape index (κ3) is 3.64. The molecule has 3 heteroatoms. The number of hydrogen-bond acceptors (Lipinski definition) is 3. The third-order valence-corrected chi connectivity index (χ3v) is 4.44. The van der Waals surface area contributed by atoms with Gasteiger partial charge in [0, 0.05) is 22.1 Å². The Kier molecular flexibility index (Phi) is 5.11. The lowest BCUT2D eigenvalue weighted by Crippen LogP contribution is -2.22. The second-order valence-corrected chi connectivity index (χ2v) is 6.04. The minimum Gasteiger partial charge on any atom is -0.306 e. The maximum Gasteiger partial charge on any atom is 0.0686 e. The molecular formula is C16H22N2S. The zero-order valence-corrected chi connectivity index (χ0v) is 12.8. The van der Waals surface area contributed by atoms with Gasteiger partial charge in [0.15, 0.2) is 0 Å². The molecule has 0 fully saturated rings. The number of aromatic nitrogens is 1. The van der Waals surface area contributed by atoms with Crippen LogP contribution in [-0.2, 0) is 6.42 Å². The minimum absolute atomic E-state index is 0.276. The van der Waals surface area contributed by atoms with E-state index in [4.69, 9.17) is 0 Å². The molecule has 0 radical (unpaired) electrons. The highest BCUT2D eigenvalue weighted by Gasteiger charge is 2.15. The summed E-state index contributed by atoms with van der Waals surface area (Å²) in [7, 11) is 0. The van der Waals surface area contributed by atoms with Gasteiger partial charge < -0.3 is 5.32 Å². The van der Waals surface area contributed by atoms with Crippen LogP contribution in [0.2, 0.25) is 0 Å². The van der Waals surface area contributed by atoms with Crippen molar-refractivity contribution in [1.29, 1.82) is 0 Å². The highest BCUT2D eigenvalue weighted by molar-refractivity contribution is 7.12. The largest absolute Gasteiger partial charge is 0.306 e. The lowest BCUT2D eigenvalue weighted by molar-refractivity contribution is 0.604. The first-order valence-electron chi connectivity index (χ1n) is 6.98. The maximum atomic E-state index is 4.33. The number of rotatable bonds is 6. The summed E-state index contributed by atoms with van der Waals surface area (Å²) in [5.74, 6) is 0. The molecule has 2 aromatic heterocycles. The zero-order valence-electron chi connectivity index (χ0n) is 11.9. The Hall–Kier alpha value is -1.19. The van der Waals surface area contributed by atoms with E-state index in [9.17, 15) is 0 Å². The van der Waals surface area contributed by atoms with E-state index in [2.05, 4.69) is 49.3 Å². The predicted molar refractivity (Wildman–Crippen MR) is 82.8 cm³/mol. The Morgan fingerprint density at radius 1 is 1.26 bits per heavy atom. The molecule has 2 rings (SSSR count). The fourth-order valence-corrected chi connectivity index (χ4v) is 3.20. The molecule has 102 valence electrons. The van der Waals surface area contributed by atoms with Crippen LogP contribution in [0.1, 0.15) is 47.2 Å². The third-order valence-electron chi connectivity index (χ3n) is 3.14. The van der Waals surface area contributed by atoms with Gasteiger partial charge in [-0.25, -0.2) is 0 Å². The van der Waals surface area contributed by atoms with E-state index in [-0.39, 0.29) is 6.04 Å². The summed E-state index contributed by atoms with van der Waals surface area (Å²) in [6.07, 6.45) is 6.14. The topological polar surface area (TPSA) is 24.9 Å². The average molecular weight is 274 g/mol. The Morgan fingerprint density at radius 2 is 2.11 bits per heavy atom. The molecule has 1 atom stereocenters. The van der Waals surface area contributed by atoms with Crippen molar-refractivity contribution in [2.45, 2.75) is 39.7 Å². The van der Waals surface area contributed by atoms with Gasteiger partial charge in [0.25, 0.3) is 0 Å². The second kappa shape index (κ2) is 6.83. The summed E-state index contributed by atoms with van der Waals surface area (Å²) in [6, 6.07) is 6.99. The minimum atomic E-state index is 0.276. The summed E-state index contributed by atoms with van der Waals surface area (Å²) < 4.78 is 0. The monoisotopic (exact) mass is 274 g/mol. The summed E-state index contributed by atoms with van der Waals surface area (Å²) >= 11 is 1.90. The molecule has 0 aromatic carbocycles. The van der Waals surface area contributed by atoms with Crippen LogP contribution in [0.5, 0.6) is 0 Å². The molecule has 0 bridgehead atoms. The molecule has 0 saturated carbocycles. The molecule has 1 N–H and O–H groups in total. The van der Waals surface area contributed by atoms with Crippen LogP contribution in [0.25, 0.3) is 0 Å². The molecule has 2 nitrogen and oxygen atoms in total. The number of nitrogens with one attached hydrogen (secondary N) is 1.